The molecular formula is C57H63N. The van der Waals surface area contributed by atoms with Gasteiger partial charge < -0.3 is 4.90 Å². The number of fused-ring (bicyclic) bond motifs is 9. The fraction of sp³-hybridized carbons (Fsp3) is 0.368. The van der Waals surface area contributed by atoms with Crippen LogP contribution in [0.2, 0.25) is 0 Å². The summed E-state index contributed by atoms with van der Waals surface area (Å²) in [5, 5.41) is 0. The van der Waals surface area contributed by atoms with Crippen LogP contribution < -0.4 is 4.90 Å². The zero-order valence-corrected chi connectivity index (χ0v) is 37.8. The summed E-state index contributed by atoms with van der Waals surface area (Å²) in [5.74, 6) is 0. The fourth-order valence-electron chi connectivity index (χ4n) is 10.5. The molecule has 0 atom stereocenters. The van der Waals surface area contributed by atoms with Gasteiger partial charge in [-0.05, 0) is 136 Å². The standard InChI is InChI=1S/C57H63N/c1-52(2,3)34-16-22-40-43-31-37(19-25-46(43)55(10,11)49(40)28-34)58(38-20-26-47-44(32-38)41-23-17-35(53(4,5)6)29-50(41)56(47,12)13)39-21-27-48-45(33-39)42-24-18-36(54(7,8)9)30-51(42)57(48,14)15/h16-33H,1-15H3. The lowest BCUT2D eigenvalue weighted by molar-refractivity contribution is 0.584. The third kappa shape index (κ3) is 5.62. The summed E-state index contributed by atoms with van der Waals surface area (Å²) in [7, 11) is 0. The van der Waals surface area contributed by atoms with Crippen molar-refractivity contribution in [3.8, 4) is 33.4 Å². The Bertz CT molecular complexity index is 2390. The van der Waals surface area contributed by atoms with Crippen molar-refractivity contribution in [2.24, 2.45) is 0 Å². The maximum absolute atomic E-state index is 2.53. The van der Waals surface area contributed by atoms with Gasteiger partial charge in [0.2, 0.25) is 0 Å². The largest absolute Gasteiger partial charge is 0.310 e. The topological polar surface area (TPSA) is 3.24 Å². The third-order valence-corrected chi connectivity index (χ3v) is 14.4. The molecule has 296 valence electrons. The first-order valence-corrected chi connectivity index (χ1v) is 21.6. The molecule has 0 saturated heterocycles. The smallest absolute Gasteiger partial charge is 0.0468 e. The van der Waals surface area contributed by atoms with E-state index in [-0.39, 0.29) is 32.5 Å². The van der Waals surface area contributed by atoms with Crippen LogP contribution in [0, 0.1) is 0 Å². The number of benzene rings is 6. The minimum atomic E-state index is -0.0845. The first kappa shape index (κ1) is 38.6. The van der Waals surface area contributed by atoms with Crippen molar-refractivity contribution in [1.29, 1.82) is 0 Å². The number of hydrogen-bond donors (Lipinski definition) is 0. The van der Waals surface area contributed by atoms with Crippen LogP contribution in [0.5, 0.6) is 0 Å². The third-order valence-electron chi connectivity index (χ3n) is 14.4. The first-order chi connectivity index (χ1) is 26.9. The van der Waals surface area contributed by atoms with Gasteiger partial charge in [0.15, 0.2) is 0 Å². The van der Waals surface area contributed by atoms with Crippen molar-refractivity contribution < 1.29 is 0 Å². The van der Waals surface area contributed by atoms with E-state index in [9.17, 15) is 0 Å². The highest BCUT2D eigenvalue weighted by atomic mass is 15.1. The Morgan fingerprint density at radius 1 is 0.293 bits per heavy atom. The molecule has 6 aromatic rings. The number of nitrogens with zero attached hydrogens (tertiary/aromatic N) is 1. The van der Waals surface area contributed by atoms with Crippen molar-refractivity contribution in [1.82, 2.24) is 0 Å². The second-order valence-corrected chi connectivity index (χ2v) is 22.4. The van der Waals surface area contributed by atoms with Crippen LogP contribution in [0.3, 0.4) is 0 Å². The summed E-state index contributed by atoms with van der Waals surface area (Å²) in [6, 6.07) is 43.4. The predicted molar refractivity (Wildman–Crippen MR) is 250 cm³/mol. The first-order valence-electron chi connectivity index (χ1n) is 21.6. The SMILES string of the molecule is CC(C)(C)c1ccc2c(c1)C(C)(C)c1ccc(N(c3ccc4c(c3)-c3ccc(C(C)(C)C)cc3C4(C)C)c3ccc4c(c3)-c3ccc(C(C)(C)C)cc3C4(C)C)cc1-2. The van der Waals surface area contributed by atoms with Gasteiger partial charge in [-0.15, -0.1) is 0 Å². The highest BCUT2D eigenvalue weighted by Crippen LogP contribution is 2.56. The normalized spacial score (nSPS) is 16.6. The van der Waals surface area contributed by atoms with Gasteiger partial charge in [-0.3, -0.25) is 0 Å². The zero-order chi connectivity index (χ0) is 41.7. The quantitative estimate of drug-likeness (QED) is 0.174. The average Bonchev–Trinajstić information content (AvgIpc) is 3.62. The van der Waals surface area contributed by atoms with Gasteiger partial charge in [-0.2, -0.15) is 0 Å². The predicted octanol–water partition coefficient (Wildman–Crippen LogP) is 16.0. The molecule has 0 spiro atoms. The van der Waals surface area contributed by atoms with Crippen molar-refractivity contribution in [2.75, 3.05) is 4.90 Å². The maximum atomic E-state index is 2.53. The van der Waals surface area contributed by atoms with Crippen molar-refractivity contribution >= 4 is 17.1 Å². The number of rotatable bonds is 3. The summed E-state index contributed by atoms with van der Waals surface area (Å²) in [5.41, 5.74) is 24.3. The van der Waals surface area contributed by atoms with Crippen molar-refractivity contribution in [3.05, 3.63) is 159 Å². The Morgan fingerprint density at radius 2 is 0.552 bits per heavy atom. The van der Waals surface area contributed by atoms with E-state index >= 15 is 0 Å². The Labute approximate surface area is 349 Å². The molecule has 0 fully saturated rings. The summed E-state index contributed by atoms with van der Waals surface area (Å²) in [4.78, 5) is 2.53. The van der Waals surface area contributed by atoms with E-state index < -0.39 is 0 Å². The minimum Gasteiger partial charge on any atom is -0.310 e. The Hall–Kier alpha value is -4.88. The fourth-order valence-corrected chi connectivity index (χ4v) is 10.5. The number of hydrogen-bond acceptors (Lipinski definition) is 1. The number of anilines is 3. The Morgan fingerprint density at radius 3 is 0.793 bits per heavy atom. The Balaban J connectivity index is 1.25. The molecule has 0 aliphatic heterocycles. The maximum Gasteiger partial charge on any atom is 0.0468 e. The van der Waals surface area contributed by atoms with Crippen LogP contribution in [0.4, 0.5) is 17.1 Å². The monoisotopic (exact) mass is 761 g/mol. The highest BCUT2D eigenvalue weighted by molar-refractivity contribution is 5.92. The van der Waals surface area contributed by atoms with E-state index in [2.05, 4.69) is 218 Å². The van der Waals surface area contributed by atoms with Gasteiger partial charge in [0, 0.05) is 33.3 Å². The summed E-state index contributed by atoms with van der Waals surface area (Å²) >= 11 is 0. The molecular weight excluding hydrogens is 699 g/mol. The lowest BCUT2D eigenvalue weighted by Gasteiger charge is -2.29. The molecule has 0 aromatic heterocycles. The lowest BCUT2D eigenvalue weighted by atomic mass is 9.79. The molecule has 0 N–H and O–H groups in total. The average molecular weight is 762 g/mol. The minimum absolute atomic E-state index is 0.0845. The summed E-state index contributed by atoms with van der Waals surface area (Å²) < 4.78 is 0. The van der Waals surface area contributed by atoms with Gasteiger partial charge >= 0.3 is 0 Å². The van der Waals surface area contributed by atoms with E-state index in [0.29, 0.717) is 0 Å². The molecule has 0 radical (unpaired) electrons. The molecule has 0 heterocycles. The molecule has 0 bridgehead atoms. The van der Waals surface area contributed by atoms with Crippen LogP contribution >= 0.6 is 0 Å². The van der Waals surface area contributed by atoms with Crippen molar-refractivity contribution in [2.45, 2.75) is 136 Å². The van der Waals surface area contributed by atoms with Crippen LogP contribution in [-0.2, 0) is 32.5 Å². The molecule has 1 nitrogen and oxygen atoms in total. The van der Waals surface area contributed by atoms with Crippen molar-refractivity contribution in [3.63, 3.8) is 0 Å². The molecule has 0 saturated carbocycles. The molecule has 1 heteroatoms. The summed E-state index contributed by atoms with van der Waals surface area (Å²) in [6.07, 6.45) is 0. The van der Waals surface area contributed by atoms with E-state index in [1.54, 1.807) is 0 Å². The van der Waals surface area contributed by atoms with Gasteiger partial charge in [-0.1, -0.05) is 177 Å². The lowest BCUT2D eigenvalue weighted by Crippen LogP contribution is -2.18. The van der Waals surface area contributed by atoms with Crippen LogP contribution in [0.25, 0.3) is 33.4 Å². The van der Waals surface area contributed by atoms with Crippen LogP contribution in [0.1, 0.15) is 154 Å². The van der Waals surface area contributed by atoms with E-state index in [0.717, 1.165) is 0 Å². The van der Waals surface area contributed by atoms with Crippen LogP contribution in [0.15, 0.2) is 109 Å². The van der Waals surface area contributed by atoms with E-state index in [4.69, 9.17) is 0 Å². The molecule has 3 aliphatic carbocycles. The molecule has 3 aliphatic rings. The molecule has 0 amide bonds. The molecule has 9 rings (SSSR count). The van der Waals surface area contributed by atoms with E-state index in [1.807, 2.05) is 0 Å². The van der Waals surface area contributed by atoms with Gasteiger partial charge in [-0.25, -0.2) is 0 Å². The molecule has 58 heavy (non-hydrogen) atoms. The van der Waals surface area contributed by atoms with Crippen LogP contribution in [-0.4, -0.2) is 0 Å². The summed E-state index contributed by atoms with van der Waals surface area (Å²) in [6.45, 7) is 35.3. The van der Waals surface area contributed by atoms with Gasteiger partial charge in [0.05, 0.1) is 0 Å². The second-order valence-electron chi connectivity index (χ2n) is 22.4. The molecule has 0 unspecified atom stereocenters. The highest BCUT2D eigenvalue weighted by Gasteiger charge is 2.40. The van der Waals surface area contributed by atoms with Gasteiger partial charge in [0.1, 0.15) is 0 Å². The zero-order valence-electron chi connectivity index (χ0n) is 37.8. The molecule has 6 aromatic carbocycles. The van der Waals surface area contributed by atoms with E-state index in [1.165, 1.54) is 101 Å². The van der Waals surface area contributed by atoms with Gasteiger partial charge in [0.25, 0.3) is 0 Å². The Kier molecular flexibility index (Phi) is 8.05. The second kappa shape index (κ2) is 12.1.